The van der Waals surface area contributed by atoms with E-state index in [-0.39, 0.29) is 100 Å². The van der Waals surface area contributed by atoms with Gasteiger partial charge in [0.15, 0.2) is 0 Å². The highest BCUT2D eigenvalue weighted by atomic mass is 19.1. The predicted octanol–water partition coefficient (Wildman–Crippen LogP) is 5.01. The summed E-state index contributed by atoms with van der Waals surface area (Å²) in [7, 11) is 1.48. The zero-order chi connectivity index (χ0) is 47.3. The third-order valence-corrected chi connectivity index (χ3v) is 11.4. The fraction of sp³-hybridized carbons (Fsp3) is 0.280. The molecule has 0 bridgehead atoms. The van der Waals surface area contributed by atoms with E-state index in [2.05, 4.69) is 25.8 Å². The van der Waals surface area contributed by atoms with Gasteiger partial charge in [-0.1, -0.05) is 85.8 Å². The van der Waals surface area contributed by atoms with Crippen LogP contribution in [-0.2, 0) is 33.7 Å². The number of nitrogens with zero attached hydrogens (tertiary/aromatic N) is 5. The summed E-state index contributed by atoms with van der Waals surface area (Å²) in [4.78, 5) is 87.6. The first-order valence-electron chi connectivity index (χ1n) is 22.0. The van der Waals surface area contributed by atoms with Crippen molar-refractivity contribution in [2.24, 2.45) is 0 Å². The van der Waals surface area contributed by atoms with Crippen LogP contribution in [0.4, 0.5) is 9.18 Å². The molecule has 0 radical (unpaired) electrons. The van der Waals surface area contributed by atoms with Crippen molar-refractivity contribution in [3.8, 4) is 11.1 Å². The molecule has 2 aromatic heterocycles. The van der Waals surface area contributed by atoms with Gasteiger partial charge in [-0.05, 0) is 52.9 Å². The maximum atomic E-state index is 15.2. The topological polar surface area (TPSA) is 196 Å². The number of H-pyrrole nitrogens is 1. The second-order valence-electron chi connectivity index (χ2n) is 15.8. The maximum Gasteiger partial charge on any atom is 0.410 e. The Morgan fingerprint density at radius 3 is 2.27 bits per heavy atom. The monoisotopic (exact) mass is 910 g/mol. The summed E-state index contributed by atoms with van der Waals surface area (Å²) in [5, 5.41) is 13.1. The standard InChI is InChI=1S/C50H51FN8O8/c1-3-33-12-9-13-36(26-33)37-29-41(46(61)52-2)45(54-30-37)48(63)53-18-24-66-25-23-59(50(65)67-32-34-10-5-4-6-11-34)31-44(60)57-19-21-58(22-20-57)49(64)40-27-35(16-17-42(40)51)28-43-38-14-7-8-15-39(38)47(62)56-55-43/h4-17,26-27,29-30H,3,18-25,28,31-32H2,1-2H3,(H,52,61)(H,53,63)(H,56,62). The van der Waals surface area contributed by atoms with E-state index in [0.717, 1.165) is 23.1 Å². The largest absolute Gasteiger partial charge is 0.445 e. The van der Waals surface area contributed by atoms with Gasteiger partial charge in [-0.15, -0.1) is 0 Å². The molecular weight excluding hydrogens is 860 g/mol. The highest BCUT2D eigenvalue weighted by Gasteiger charge is 2.29. The summed E-state index contributed by atoms with van der Waals surface area (Å²) < 4.78 is 26.5. The van der Waals surface area contributed by atoms with Crippen molar-refractivity contribution in [2.45, 2.75) is 26.4 Å². The Bertz CT molecular complexity index is 2810. The van der Waals surface area contributed by atoms with Crippen LogP contribution in [0.25, 0.3) is 21.9 Å². The van der Waals surface area contributed by atoms with Gasteiger partial charge in [-0.25, -0.2) is 19.3 Å². The fourth-order valence-electron chi connectivity index (χ4n) is 7.66. The third kappa shape index (κ3) is 11.9. The summed E-state index contributed by atoms with van der Waals surface area (Å²) in [5.41, 5.74) is 4.28. The lowest BCUT2D eigenvalue weighted by Gasteiger charge is -2.36. The number of piperazine rings is 1. The van der Waals surface area contributed by atoms with Crippen molar-refractivity contribution in [3.05, 3.63) is 165 Å². The molecule has 0 atom stereocenters. The first kappa shape index (κ1) is 47.2. The summed E-state index contributed by atoms with van der Waals surface area (Å²) in [6.45, 7) is 2.33. The minimum Gasteiger partial charge on any atom is -0.445 e. The van der Waals surface area contributed by atoms with Crippen LogP contribution in [0, 0.1) is 5.82 Å². The summed E-state index contributed by atoms with van der Waals surface area (Å²) >= 11 is 0. The number of pyridine rings is 1. The molecular formula is C50H51FN8O8. The number of fused-ring (bicyclic) bond motifs is 1. The minimum absolute atomic E-state index is 0.00174. The van der Waals surface area contributed by atoms with Gasteiger partial charge >= 0.3 is 6.09 Å². The van der Waals surface area contributed by atoms with Crippen LogP contribution in [0.1, 0.15) is 60.5 Å². The van der Waals surface area contributed by atoms with E-state index in [0.29, 0.717) is 27.6 Å². The number of halogens is 1. The number of nitrogens with one attached hydrogen (secondary N) is 3. The van der Waals surface area contributed by atoms with Crippen LogP contribution in [0.3, 0.4) is 0 Å². The second-order valence-corrected chi connectivity index (χ2v) is 15.8. The predicted molar refractivity (Wildman–Crippen MR) is 248 cm³/mol. The number of carbonyl (C=O) groups excluding carboxylic acids is 5. The molecule has 17 heteroatoms. The molecule has 0 unspecified atom stereocenters. The number of hydrogen-bond acceptors (Lipinski definition) is 10. The highest BCUT2D eigenvalue weighted by molar-refractivity contribution is 6.06. The molecule has 16 nitrogen and oxygen atoms in total. The number of aromatic amines is 1. The van der Waals surface area contributed by atoms with Crippen molar-refractivity contribution < 1.29 is 37.8 Å². The Morgan fingerprint density at radius 1 is 0.776 bits per heavy atom. The Kier molecular flexibility index (Phi) is 15.8. The number of benzene rings is 4. The van der Waals surface area contributed by atoms with Gasteiger partial charge in [0.1, 0.15) is 24.7 Å². The quantitative estimate of drug-likeness (QED) is 0.105. The van der Waals surface area contributed by atoms with Gasteiger partial charge in [0.05, 0.1) is 35.4 Å². The van der Waals surface area contributed by atoms with Crippen molar-refractivity contribution in [2.75, 3.05) is 66.1 Å². The lowest BCUT2D eigenvalue weighted by molar-refractivity contribution is -0.133. The van der Waals surface area contributed by atoms with E-state index in [1.807, 2.05) is 49.4 Å². The third-order valence-electron chi connectivity index (χ3n) is 11.4. The van der Waals surface area contributed by atoms with E-state index < -0.39 is 29.6 Å². The molecule has 0 saturated carbocycles. The normalized spacial score (nSPS) is 12.4. The first-order chi connectivity index (χ1) is 32.5. The van der Waals surface area contributed by atoms with Crippen LogP contribution in [-0.4, -0.2) is 126 Å². The Morgan fingerprint density at radius 2 is 1.51 bits per heavy atom. The molecule has 1 fully saturated rings. The molecule has 1 aliphatic rings. The molecule has 3 N–H and O–H groups in total. The van der Waals surface area contributed by atoms with Gasteiger partial charge < -0.3 is 29.9 Å². The first-order valence-corrected chi connectivity index (χ1v) is 22.0. The van der Waals surface area contributed by atoms with Crippen LogP contribution in [0.15, 0.2) is 114 Å². The Labute approximate surface area is 386 Å². The Hall–Kier alpha value is -7.79. The smallest absolute Gasteiger partial charge is 0.410 e. The van der Waals surface area contributed by atoms with Gasteiger partial charge in [0.25, 0.3) is 23.3 Å². The average Bonchev–Trinajstić information content (AvgIpc) is 3.37. The van der Waals surface area contributed by atoms with Gasteiger partial charge in [-0.2, -0.15) is 5.10 Å². The van der Waals surface area contributed by atoms with E-state index >= 15 is 4.39 Å². The zero-order valence-electron chi connectivity index (χ0n) is 37.3. The van der Waals surface area contributed by atoms with Gasteiger partial charge in [0.2, 0.25) is 5.91 Å². The van der Waals surface area contributed by atoms with Crippen LogP contribution < -0.4 is 16.2 Å². The number of amides is 5. The number of hydrogen-bond donors (Lipinski definition) is 3. The molecule has 0 spiro atoms. The molecule has 4 aromatic carbocycles. The molecule has 6 aromatic rings. The summed E-state index contributed by atoms with van der Waals surface area (Å²) in [5.74, 6) is -2.63. The van der Waals surface area contributed by atoms with Crippen LogP contribution in [0.2, 0.25) is 0 Å². The number of rotatable bonds is 17. The van der Waals surface area contributed by atoms with Gasteiger partial charge in [0, 0.05) is 69.9 Å². The van der Waals surface area contributed by atoms with E-state index in [1.54, 1.807) is 54.7 Å². The average molecular weight is 911 g/mol. The van der Waals surface area contributed by atoms with Crippen molar-refractivity contribution in [1.29, 1.82) is 0 Å². The molecule has 1 saturated heterocycles. The minimum atomic E-state index is -0.735. The molecule has 3 heterocycles. The second kappa shape index (κ2) is 22.4. The van der Waals surface area contributed by atoms with Crippen molar-refractivity contribution >= 4 is 40.5 Å². The molecule has 7 rings (SSSR count). The fourth-order valence-corrected chi connectivity index (χ4v) is 7.66. The molecule has 5 amide bonds. The number of aromatic nitrogens is 3. The number of ether oxygens (including phenoxy) is 2. The highest BCUT2D eigenvalue weighted by Crippen LogP contribution is 2.24. The van der Waals surface area contributed by atoms with Gasteiger partial charge in [-0.3, -0.25) is 28.9 Å². The van der Waals surface area contributed by atoms with E-state index in [4.69, 9.17) is 9.47 Å². The van der Waals surface area contributed by atoms with E-state index in [9.17, 15) is 28.8 Å². The SMILES string of the molecule is CCc1cccc(-c2cnc(C(=O)NCCOCCN(CC(=O)N3CCN(C(=O)c4cc(Cc5n[nH]c(=O)c6ccccc56)ccc4F)CC3)C(=O)OCc3ccccc3)c(C(=O)NC)c2)c1. The molecule has 1 aliphatic heterocycles. The lowest BCUT2D eigenvalue weighted by atomic mass is 10.0. The molecule has 346 valence electrons. The summed E-state index contributed by atoms with van der Waals surface area (Å²) in [6, 6.07) is 29.9. The van der Waals surface area contributed by atoms with Crippen molar-refractivity contribution in [3.63, 3.8) is 0 Å². The van der Waals surface area contributed by atoms with E-state index in [1.165, 1.54) is 33.9 Å². The molecule has 67 heavy (non-hydrogen) atoms. The molecule has 0 aliphatic carbocycles. The van der Waals surface area contributed by atoms with Crippen molar-refractivity contribution in [1.82, 2.24) is 40.5 Å². The summed E-state index contributed by atoms with van der Waals surface area (Å²) in [6.07, 6.45) is 1.90. The Balaban J connectivity index is 0.923. The maximum absolute atomic E-state index is 15.2. The van der Waals surface area contributed by atoms with Crippen LogP contribution in [0.5, 0.6) is 0 Å². The zero-order valence-corrected chi connectivity index (χ0v) is 37.3. The van der Waals surface area contributed by atoms with Crippen LogP contribution >= 0.6 is 0 Å². The number of aryl methyl sites for hydroxylation is 1. The number of carbonyl (C=O) groups is 5. The lowest BCUT2D eigenvalue weighted by Crippen LogP contribution is -2.53.